The molecule has 0 aliphatic heterocycles. The Morgan fingerprint density at radius 3 is 2.91 bits per heavy atom. The van der Waals surface area contributed by atoms with Crippen LogP contribution in [-0.2, 0) is 9.53 Å². The van der Waals surface area contributed by atoms with Crippen LogP contribution in [0.25, 0.3) is 10.6 Å². The molecule has 0 saturated carbocycles. The lowest BCUT2D eigenvalue weighted by Crippen LogP contribution is -2.35. The quantitative estimate of drug-likeness (QED) is 0.807. The number of halogens is 1. The Kier molecular flexibility index (Phi) is 6.12. The second kappa shape index (κ2) is 8.08. The van der Waals surface area contributed by atoms with E-state index in [-0.39, 0.29) is 24.2 Å². The van der Waals surface area contributed by atoms with Gasteiger partial charge in [-0.1, -0.05) is 30.7 Å². The van der Waals surface area contributed by atoms with Crippen LogP contribution < -0.4 is 5.32 Å². The predicted octanol–water partition coefficient (Wildman–Crippen LogP) is 3.54. The van der Waals surface area contributed by atoms with E-state index >= 15 is 0 Å². The Labute approximate surface area is 143 Å². The van der Waals surface area contributed by atoms with Gasteiger partial charge in [-0.15, -0.1) is 11.3 Å². The van der Waals surface area contributed by atoms with Crippen LogP contribution in [0.2, 0.25) is 5.02 Å². The number of nitrogens with one attached hydrogen (secondary N) is 1. The number of aromatic nitrogens is 1. The number of esters is 1. The zero-order chi connectivity index (χ0) is 16.8. The standard InChI is InChI=1S/C16H17ClN2O3S/c1-3-10(2)18-14(20)8-22-16(21)13-9-23-15(19-13)11-5-4-6-12(17)7-11/h4-7,9-10H,3,8H2,1-2H3,(H,18,20)/t10-/m1/s1. The second-order valence-corrected chi connectivity index (χ2v) is 6.30. The molecular weight excluding hydrogens is 336 g/mol. The molecule has 0 aliphatic carbocycles. The molecule has 0 unspecified atom stereocenters. The molecular formula is C16H17ClN2O3S. The minimum atomic E-state index is -0.617. The van der Waals surface area contributed by atoms with Crippen molar-refractivity contribution < 1.29 is 14.3 Å². The minimum Gasteiger partial charge on any atom is -0.451 e. The lowest BCUT2D eigenvalue weighted by molar-refractivity contribution is -0.124. The minimum absolute atomic E-state index is 0.0508. The van der Waals surface area contributed by atoms with Gasteiger partial charge in [-0.3, -0.25) is 4.79 Å². The highest BCUT2D eigenvalue weighted by Gasteiger charge is 2.15. The number of carbonyl (C=O) groups is 2. The third-order valence-corrected chi connectivity index (χ3v) is 4.27. The average molecular weight is 353 g/mol. The molecule has 1 aromatic carbocycles. The van der Waals surface area contributed by atoms with Gasteiger partial charge in [0.25, 0.3) is 5.91 Å². The fraction of sp³-hybridized carbons (Fsp3) is 0.312. The molecule has 1 atom stereocenters. The molecule has 1 N–H and O–H groups in total. The van der Waals surface area contributed by atoms with Crippen LogP contribution in [0.3, 0.4) is 0 Å². The molecule has 1 aromatic heterocycles. The van der Waals surface area contributed by atoms with Gasteiger partial charge < -0.3 is 10.1 Å². The first kappa shape index (κ1) is 17.4. The summed E-state index contributed by atoms with van der Waals surface area (Å²) >= 11 is 7.26. The molecule has 0 radical (unpaired) electrons. The number of hydrogen-bond acceptors (Lipinski definition) is 5. The summed E-state index contributed by atoms with van der Waals surface area (Å²) in [6.45, 7) is 3.54. The molecule has 122 valence electrons. The van der Waals surface area contributed by atoms with Crippen molar-refractivity contribution in [1.29, 1.82) is 0 Å². The Morgan fingerprint density at radius 1 is 1.43 bits per heavy atom. The van der Waals surface area contributed by atoms with Crippen molar-refractivity contribution in [2.24, 2.45) is 0 Å². The first-order valence-corrected chi connectivity index (χ1v) is 8.43. The first-order chi connectivity index (χ1) is 11.0. The third kappa shape index (κ3) is 5.04. The molecule has 0 spiro atoms. The van der Waals surface area contributed by atoms with E-state index in [1.54, 1.807) is 17.5 Å². The van der Waals surface area contributed by atoms with Crippen LogP contribution in [0.5, 0.6) is 0 Å². The van der Waals surface area contributed by atoms with Gasteiger partial charge in [-0.25, -0.2) is 9.78 Å². The van der Waals surface area contributed by atoms with Crippen molar-refractivity contribution in [3.05, 3.63) is 40.4 Å². The van der Waals surface area contributed by atoms with E-state index in [2.05, 4.69) is 10.3 Å². The summed E-state index contributed by atoms with van der Waals surface area (Å²) in [6.07, 6.45) is 0.814. The van der Waals surface area contributed by atoms with Crippen LogP contribution in [0.15, 0.2) is 29.6 Å². The number of nitrogens with zero attached hydrogens (tertiary/aromatic N) is 1. The predicted molar refractivity (Wildman–Crippen MR) is 90.7 cm³/mol. The van der Waals surface area contributed by atoms with Crippen molar-refractivity contribution in [2.45, 2.75) is 26.3 Å². The highest BCUT2D eigenvalue weighted by atomic mass is 35.5. The molecule has 1 heterocycles. The Bertz CT molecular complexity index is 702. The molecule has 23 heavy (non-hydrogen) atoms. The van der Waals surface area contributed by atoms with Gasteiger partial charge in [-0.05, 0) is 25.5 Å². The van der Waals surface area contributed by atoms with Crippen molar-refractivity contribution >= 4 is 34.8 Å². The highest BCUT2D eigenvalue weighted by molar-refractivity contribution is 7.13. The van der Waals surface area contributed by atoms with E-state index < -0.39 is 5.97 Å². The number of hydrogen-bond donors (Lipinski definition) is 1. The van der Waals surface area contributed by atoms with Crippen molar-refractivity contribution in [2.75, 3.05) is 6.61 Å². The number of rotatable bonds is 6. The Balaban J connectivity index is 1.95. The molecule has 7 heteroatoms. The summed E-state index contributed by atoms with van der Waals surface area (Å²) in [4.78, 5) is 27.8. The summed E-state index contributed by atoms with van der Waals surface area (Å²) in [7, 11) is 0. The van der Waals surface area contributed by atoms with Gasteiger partial charge in [0.05, 0.1) is 0 Å². The van der Waals surface area contributed by atoms with Crippen LogP contribution >= 0.6 is 22.9 Å². The molecule has 2 rings (SSSR count). The average Bonchev–Trinajstić information content (AvgIpc) is 3.02. The van der Waals surface area contributed by atoms with E-state index in [0.717, 1.165) is 12.0 Å². The van der Waals surface area contributed by atoms with Crippen molar-refractivity contribution in [1.82, 2.24) is 10.3 Å². The number of carbonyl (C=O) groups excluding carboxylic acids is 2. The zero-order valence-corrected chi connectivity index (χ0v) is 14.4. The van der Waals surface area contributed by atoms with Crippen molar-refractivity contribution in [3.63, 3.8) is 0 Å². The van der Waals surface area contributed by atoms with Gasteiger partial charge in [0.2, 0.25) is 0 Å². The maximum Gasteiger partial charge on any atom is 0.358 e. The molecule has 0 aliphatic rings. The number of thiazole rings is 1. The number of ether oxygens (including phenoxy) is 1. The second-order valence-electron chi connectivity index (χ2n) is 5.00. The molecule has 2 aromatic rings. The van der Waals surface area contributed by atoms with Gasteiger partial charge in [0.1, 0.15) is 5.01 Å². The Morgan fingerprint density at radius 2 is 2.22 bits per heavy atom. The van der Waals surface area contributed by atoms with E-state index in [0.29, 0.717) is 10.0 Å². The number of amides is 1. The third-order valence-electron chi connectivity index (χ3n) is 3.14. The summed E-state index contributed by atoms with van der Waals surface area (Å²) in [6, 6.07) is 7.27. The topological polar surface area (TPSA) is 68.3 Å². The molecule has 0 fully saturated rings. The normalized spacial score (nSPS) is 11.8. The van der Waals surface area contributed by atoms with Gasteiger partial charge in [-0.2, -0.15) is 0 Å². The SMILES string of the molecule is CC[C@@H](C)NC(=O)COC(=O)c1csc(-c2cccc(Cl)c2)n1. The zero-order valence-electron chi connectivity index (χ0n) is 12.8. The van der Waals surface area contributed by atoms with E-state index in [1.807, 2.05) is 26.0 Å². The fourth-order valence-corrected chi connectivity index (χ4v) is 2.72. The largest absolute Gasteiger partial charge is 0.451 e. The molecule has 5 nitrogen and oxygen atoms in total. The maximum atomic E-state index is 11.9. The van der Waals surface area contributed by atoms with E-state index in [9.17, 15) is 9.59 Å². The Hall–Kier alpha value is -1.92. The monoisotopic (exact) mass is 352 g/mol. The maximum absolute atomic E-state index is 11.9. The van der Waals surface area contributed by atoms with E-state index in [1.165, 1.54) is 11.3 Å². The summed E-state index contributed by atoms with van der Waals surface area (Å²) in [5.41, 5.74) is 1.01. The van der Waals surface area contributed by atoms with Gasteiger partial charge in [0.15, 0.2) is 12.3 Å². The lowest BCUT2D eigenvalue weighted by atomic mass is 10.2. The summed E-state index contributed by atoms with van der Waals surface area (Å²) in [5, 5.41) is 5.60. The summed E-state index contributed by atoms with van der Waals surface area (Å²) < 4.78 is 4.98. The number of benzene rings is 1. The lowest BCUT2D eigenvalue weighted by Gasteiger charge is -2.10. The van der Waals surface area contributed by atoms with Crippen LogP contribution in [0.1, 0.15) is 30.8 Å². The van der Waals surface area contributed by atoms with Gasteiger partial charge in [0, 0.05) is 22.0 Å². The van der Waals surface area contributed by atoms with Crippen LogP contribution in [-0.4, -0.2) is 29.5 Å². The summed E-state index contributed by atoms with van der Waals surface area (Å²) in [5.74, 6) is -0.938. The van der Waals surface area contributed by atoms with Crippen molar-refractivity contribution in [3.8, 4) is 10.6 Å². The van der Waals surface area contributed by atoms with E-state index in [4.69, 9.17) is 16.3 Å². The first-order valence-electron chi connectivity index (χ1n) is 7.17. The smallest absolute Gasteiger partial charge is 0.358 e. The van der Waals surface area contributed by atoms with Crippen LogP contribution in [0.4, 0.5) is 0 Å². The fourth-order valence-electron chi connectivity index (χ4n) is 1.75. The molecule has 0 bridgehead atoms. The van der Waals surface area contributed by atoms with Crippen LogP contribution in [0, 0.1) is 0 Å². The highest BCUT2D eigenvalue weighted by Crippen LogP contribution is 2.26. The van der Waals surface area contributed by atoms with Gasteiger partial charge >= 0.3 is 5.97 Å². The molecule has 1 amide bonds. The molecule has 0 saturated heterocycles.